The molecule has 0 atom stereocenters. The quantitative estimate of drug-likeness (QED) is 0.621. The fraction of sp³-hybridized carbons (Fsp3) is 0.267. The molecule has 0 aromatic carbocycles. The van der Waals surface area contributed by atoms with Crippen LogP contribution in [0.1, 0.15) is 24.2 Å². The van der Waals surface area contributed by atoms with E-state index < -0.39 is 4.92 Å². The monoisotopic (exact) mass is 295 g/mol. The van der Waals surface area contributed by atoms with Crippen LogP contribution < -0.4 is 4.90 Å². The Labute approximate surface area is 127 Å². The van der Waals surface area contributed by atoms with Crippen molar-refractivity contribution in [3.05, 3.63) is 58.0 Å². The van der Waals surface area contributed by atoms with Gasteiger partial charge in [-0.05, 0) is 31.0 Å². The summed E-state index contributed by atoms with van der Waals surface area (Å²) in [4.78, 5) is 20.8. The molecule has 1 fully saturated rings. The first-order valence-electron chi connectivity index (χ1n) is 6.91. The second kappa shape index (κ2) is 5.77. The second-order valence-corrected chi connectivity index (χ2v) is 5.09. The highest BCUT2D eigenvalue weighted by molar-refractivity contribution is 5.52. The van der Waals surface area contributed by atoms with Gasteiger partial charge in [-0.1, -0.05) is 6.07 Å². The third-order valence-corrected chi connectivity index (χ3v) is 3.50. The van der Waals surface area contributed by atoms with Crippen molar-refractivity contribution < 1.29 is 4.92 Å². The summed E-state index contributed by atoms with van der Waals surface area (Å²) in [5.41, 5.74) is 0.474. The molecule has 0 N–H and O–H groups in total. The van der Waals surface area contributed by atoms with Crippen LogP contribution in [0.4, 0.5) is 11.5 Å². The van der Waals surface area contributed by atoms with Crippen molar-refractivity contribution in [3.63, 3.8) is 0 Å². The predicted molar refractivity (Wildman–Crippen MR) is 79.0 cm³/mol. The fourth-order valence-corrected chi connectivity index (χ4v) is 2.28. The molecule has 1 aliphatic carbocycles. The van der Waals surface area contributed by atoms with Gasteiger partial charge in [0, 0.05) is 18.3 Å². The molecule has 2 aromatic heterocycles. The summed E-state index contributed by atoms with van der Waals surface area (Å²) in [7, 11) is 0. The van der Waals surface area contributed by atoms with E-state index in [2.05, 4.69) is 9.97 Å². The number of hydrogen-bond donors (Lipinski definition) is 0. The van der Waals surface area contributed by atoms with Gasteiger partial charge in [0.15, 0.2) is 0 Å². The number of anilines is 1. The van der Waals surface area contributed by atoms with Crippen LogP contribution in [0.5, 0.6) is 0 Å². The average molecular weight is 295 g/mol. The molecular formula is C15H13N5O2. The zero-order valence-corrected chi connectivity index (χ0v) is 11.7. The predicted octanol–water partition coefficient (Wildman–Crippen LogP) is 2.43. The van der Waals surface area contributed by atoms with Crippen molar-refractivity contribution in [2.75, 3.05) is 4.90 Å². The lowest BCUT2D eigenvalue weighted by molar-refractivity contribution is -0.385. The van der Waals surface area contributed by atoms with Gasteiger partial charge in [0.1, 0.15) is 11.9 Å². The normalized spacial score (nSPS) is 13.4. The van der Waals surface area contributed by atoms with E-state index in [0.717, 1.165) is 18.5 Å². The van der Waals surface area contributed by atoms with Crippen LogP contribution in [0.25, 0.3) is 0 Å². The maximum atomic E-state index is 10.9. The molecule has 0 radical (unpaired) electrons. The topological polar surface area (TPSA) is 96.0 Å². The van der Waals surface area contributed by atoms with E-state index in [1.165, 1.54) is 6.07 Å². The smallest absolute Gasteiger partial charge is 0.305 e. The zero-order chi connectivity index (χ0) is 15.5. The zero-order valence-electron chi connectivity index (χ0n) is 11.7. The van der Waals surface area contributed by atoms with Crippen LogP contribution >= 0.6 is 0 Å². The molecule has 1 aliphatic rings. The standard InChI is InChI=1S/C15H13N5O2/c16-9-13-14(20(21)22)6-7-15(18-13)19(12-4-5-12)10-11-3-1-2-8-17-11/h1-3,6-8,12H,4-5,10H2. The average Bonchev–Trinajstić information content (AvgIpc) is 3.37. The van der Waals surface area contributed by atoms with Crippen molar-refractivity contribution in [1.29, 1.82) is 5.26 Å². The molecule has 7 heteroatoms. The summed E-state index contributed by atoms with van der Waals surface area (Å²) in [6.45, 7) is 0.571. The maximum absolute atomic E-state index is 10.9. The fourth-order valence-electron chi connectivity index (χ4n) is 2.28. The summed E-state index contributed by atoms with van der Waals surface area (Å²) in [5.74, 6) is 0.579. The van der Waals surface area contributed by atoms with Crippen LogP contribution in [0.3, 0.4) is 0 Å². The van der Waals surface area contributed by atoms with Crippen molar-refractivity contribution >= 4 is 11.5 Å². The molecule has 2 heterocycles. The van der Waals surface area contributed by atoms with E-state index in [1.54, 1.807) is 18.3 Å². The van der Waals surface area contributed by atoms with Gasteiger partial charge in [-0.25, -0.2) is 4.98 Å². The van der Waals surface area contributed by atoms with Crippen LogP contribution in [-0.2, 0) is 6.54 Å². The molecule has 0 aliphatic heterocycles. The van der Waals surface area contributed by atoms with Gasteiger partial charge >= 0.3 is 5.69 Å². The van der Waals surface area contributed by atoms with E-state index in [4.69, 9.17) is 5.26 Å². The third kappa shape index (κ3) is 2.86. The van der Waals surface area contributed by atoms with E-state index in [0.29, 0.717) is 18.4 Å². The minimum Gasteiger partial charge on any atom is -0.348 e. The molecule has 7 nitrogen and oxygen atoms in total. The number of aromatic nitrogens is 2. The lowest BCUT2D eigenvalue weighted by atomic mass is 10.2. The molecule has 2 aromatic rings. The summed E-state index contributed by atoms with van der Waals surface area (Å²) < 4.78 is 0. The Hall–Kier alpha value is -3.01. The number of nitriles is 1. The first kappa shape index (κ1) is 13.9. The molecular weight excluding hydrogens is 282 g/mol. The van der Waals surface area contributed by atoms with Gasteiger partial charge < -0.3 is 4.90 Å². The van der Waals surface area contributed by atoms with Gasteiger partial charge in [-0.3, -0.25) is 15.1 Å². The van der Waals surface area contributed by atoms with Crippen LogP contribution in [0, 0.1) is 21.4 Å². The lowest BCUT2D eigenvalue weighted by Crippen LogP contribution is -2.26. The van der Waals surface area contributed by atoms with E-state index in [-0.39, 0.29) is 11.4 Å². The first-order chi connectivity index (χ1) is 10.7. The molecule has 110 valence electrons. The summed E-state index contributed by atoms with van der Waals surface area (Å²) >= 11 is 0. The Morgan fingerprint density at radius 3 is 2.77 bits per heavy atom. The summed E-state index contributed by atoms with van der Waals surface area (Å²) in [6, 6.07) is 10.8. The second-order valence-electron chi connectivity index (χ2n) is 5.09. The van der Waals surface area contributed by atoms with Crippen molar-refractivity contribution in [2.24, 2.45) is 0 Å². The lowest BCUT2D eigenvalue weighted by Gasteiger charge is -2.23. The van der Waals surface area contributed by atoms with E-state index in [1.807, 2.05) is 23.1 Å². The molecule has 1 saturated carbocycles. The van der Waals surface area contributed by atoms with Gasteiger partial charge in [0.05, 0.1) is 17.2 Å². The largest absolute Gasteiger partial charge is 0.348 e. The van der Waals surface area contributed by atoms with Gasteiger partial charge in [0.25, 0.3) is 0 Å². The Kier molecular flexibility index (Phi) is 3.66. The van der Waals surface area contributed by atoms with Gasteiger partial charge in [-0.2, -0.15) is 5.26 Å². The Balaban J connectivity index is 1.92. The van der Waals surface area contributed by atoms with E-state index >= 15 is 0 Å². The van der Waals surface area contributed by atoms with Crippen molar-refractivity contribution in [1.82, 2.24) is 9.97 Å². The Morgan fingerprint density at radius 1 is 1.36 bits per heavy atom. The number of pyridine rings is 2. The molecule has 0 amide bonds. The van der Waals surface area contributed by atoms with Crippen LogP contribution in [0.2, 0.25) is 0 Å². The maximum Gasteiger partial charge on any atom is 0.305 e. The van der Waals surface area contributed by atoms with Crippen LogP contribution in [0.15, 0.2) is 36.5 Å². The molecule has 0 unspecified atom stereocenters. The molecule has 22 heavy (non-hydrogen) atoms. The SMILES string of the molecule is N#Cc1nc(N(Cc2ccccn2)C2CC2)ccc1[N+](=O)[O-]. The van der Waals surface area contributed by atoms with Gasteiger partial charge in [0.2, 0.25) is 5.69 Å². The number of nitro groups is 1. The summed E-state index contributed by atoms with van der Waals surface area (Å²) in [5, 5.41) is 20.0. The highest BCUT2D eigenvalue weighted by Gasteiger charge is 2.31. The summed E-state index contributed by atoms with van der Waals surface area (Å²) in [6.07, 6.45) is 3.82. The molecule has 0 bridgehead atoms. The molecule has 0 saturated heterocycles. The Bertz CT molecular complexity index is 737. The molecule has 0 spiro atoms. The number of hydrogen-bond acceptors (Lipinski definition) is 6. The first-order valence-corrected chi connectivity index (χ1v) is 6.91. The Morgan fingerprint density at radius 2 is 2.18 bits per heavy atom. The highest BCUT2D eigenvalue weighted by Crippen LogP contribution is 2.33. The minimum atomic E-state index is -0.588. The molecule has 3 rings (SSSR count). The minimum absolute atomic E-state index is 0.158. The third-order valence-electron chi connectivity index (χ3n) is 3.50. The van der Waals surface area contributed by atoms with Gasteiger partial charge in [-0.15, -0.1) is 0 Å². The van der Waals surface area contributed by atoms with Crippen molar-refractivity contribution in [3.8, 4) is 6.07 Å². The number of rotatable bonds is 5. The van der Waals surface area contributed by atoms with E-state index in [9.17, 15) is 10.1 Å². The highest BCUT2D eigenvalue weighted by atomic mass is 16.6. The number of nitrogens with zero attached hydrogens (tertiary/aromatic N) is 5. The van der Waals surface area contributed by atoms with Crippen molar-refractivity contribution in [2.45, 2.75) is 25.4 Å². The van der Waals surface area contributed by atoms with Crippen LogP contribution in [-0.4, -0.2) is 20.9 Å².